The Morgan fingerprint density at radius 3 is 2.83 bits per heavy atom. The Bertz CT molecular complexity index is 630. The van der Waals surface area contributed by atoms with Crippen LogP contribution in [-0.4, -0.2) is 30.7 Å². The zero-order valence-corrected chi connectivity index (χ0v) is 13.3. The molecule has 1 aromatic carbocycles. The van der Waals surface area contributed by atoms with Crippen molar-refractivity contribution in [2.45, 2.75) is 50.1 Å². The zero-order valence-electron chi connectivity index (χ0n) is 13.3. The topological polar surface area (TPSA) is 88.1 Å². The molecule has 0 radical (unpaired) electrons. The Balaban J connectivity index is 1.64. The lowest BCUT2D eigenvalue weighted by Crippen LogP contribution is -2.58. The van der Waals surface area contributed by atoms with E-state index in [0.29, 0.717) is 32.5 Å². The largest absolute Gasteiger partial charge is 0.381 e. The normalized spacial score (nSPS) is 20.3. The SMILES string of the molecule is N#C[C@@H](Cc1ccc2c(c1)CCC2)NC(=O)C1(N)CCOCC1. The highest BCUT2D eigenvalue weighted by Gasteiger charge is 2.36. The first-order valence-corrected chi connectivity index (χ1v) is 8.29. The van der Waals surface area contributed by atoms with Crippen molar-refractivity contribution in [2.24, 2.45) is 5.73 Å². The minimum Gasteiger partial charge on any atom is -0.381 e. The fourth-order valence-corrected chi connectivity index (χ4v) is 3.38. The monoisotopic (exact) mass is 313 g/mol. The summed E-state index contributed by atoms with van der Waals surface area (Å²) in [7, 11) is 0. The summed E-state index contributed by atoms with van der Waals surface area (Å²) in [5, 5.41) is 12.2. The van der Waals surface area contributed by atoms with Gasteiger partial charge in [0.1, 0.15) is 6.04 Å². The van der Waals surface area contributed by atoms with Crippen molar-refractivity contribution >= 4 is 5.91 Å². The zero-order chi connectivity index (χ0) is 16.3. The van der Waals surface area contributed by atoms with E-state index >= 15 is 0 Å². The van der Waals surface area contributed by atoms with Gasteiger partial charge in [0.15, 0.2) is 0 Å². The standard InChI is InChI=1S/C18H23N3O2/c19-12-16(21-17(22)18(20)6-8-23-9-7-18)11-13-4-5-14-2-1-3-15(14)10-13/h4-5,10,16H,1-3,6-9,11,20H2,(H,21,22)/t16-/m1/s1. The van der Waals surface area contributed by atoms with Gasteiger partial charge in [0.05, 0.1) is 11.6 Å². The van der Waals surface area contributed by atoms with Crippen LogP contribution in [0, 0.1) is 11.3 Å². The van der Waals surface area contributed by atoms with E-state index in [1.807, 2.05) is 0 Å². The van der Waals surface area contributed by atoms with Crippen molar-refractivity contribution in [3.8, 4) is 6.07 Å². The van der Waals surface area contributed by atoms with Gasteiger partial charge in [0, 0.05) is 19.6 Å². The number of aryl methyl sites for hydroxylation is 2. The van der Waals surface area contributed by atoms with E-state index in [4.69, 9.17) is 10.5 Å². The molecule has 5 nitrogen and oxygen atoms in total. The van der Waals surface area contributed by atoms with E-state index < -0.39 is 11.6 Å². The Labute approximate surface area is 136 Å². The van der Waals surface area contributed by atoms with Crippen molar-refractivity contribution in [3.63, 3.8) is 0 Å². The first-order valence-electron chi connectivity index (χ1n) is 8.29. The predicted molar refractivity (Wildman–Crippen MR) is 86.7 cm³/mol. The van der Waals surface area contributed by atoms with E-state index in [0.717, 1.165) is 18.4 Å². The van der Waals surface area contributed by atoms with Gasteiger partial charge in [-0.25, -0.2) is 0 Å². The molecule has 1 heterocycles. The van der Waals surface area contributed by atoms with Crippen molar-refractivity contribution in [3.05, 3.63) is 34.9 Å². The van der Waals surface area contributed by atoms with Crippen LogP contribution in [0.15, 0.2) is 18.2 Å². The van der Waals surface area contributed by atoms with Gasteiger partial charge in [-0.3, -0.25) is 4.79 Å². The van der Waals surface area contributed by atoms with Crippen LogP contribution < -0.4 is 11.1 Å². The molecule has 1 aliphatic carbocycles. The molecule has 0 bridgehead atoms. The summed E-state index contributed by atoms with van der Waals surface area (Å²) in [6.07, 6.45) is 4.97. The van der Waals surface area contributed by atoms with Gasteiger partial charge in [-0.15, -0.1) is 0 Å². The fourth-order valence-electron chi connectivity index (χ4n) is 3.38. The number of ether oxygens (including phenoxy) is 1. The molecule has 1 aliphatic heterocycles. The first-order chi connectivity index (χ1) is 11.1. The second-order valence-electron chi connectivity index (χ2n) is 6.58. The summed E-state index contributed by atoms with van der Waals surface area (Å²) in [5.74, 6) is -0.242. The molecule has 1 fully saturated rings. The molecule has 0 saturated carbocycles. The molecule has 1 saturated heterocycles. The smallest absolute Gasteiger partial charge is 0.241 e. The maximum atomic E-state index is 12.4. The number of nitrogens with zero attached hydrogens (tertiary/aromatic N) is 1. The molecule has 23 heavy (non-hydrogen) atoms. The molecular formula is C18H23N3O2. The molecule has 0 spiro atoms. The third-order valence-electron chi connectivity index (χ3n) is 4.90. The molecule has 2 aliphatic rings. The van der Waals surface area contributed by atoms with Gasteiger partial charge in [-0.2, -0.15) is 5.26 Å². The number of benzene rings is 1. The van der Waals surface area contributed by atoms with Crippen LogP contribution in [0.25, 0.3) is 0 Å². The number of hydrogen-bond acceptors (Lipinski definition) is 4. The van der Waals surface area contributed by atoms with Gasteiger partial charge in [0.2, 0.25) is 5.91 Å². The third-order valence-corrected chi connectivity index (χ3v) is 4.90. The van der Waals surface area contributed by atoms with E-state index in [1.165, 1.54) is 17.5 Å². The summed E-state index contributed by atoms with van der Waals surface area (Å²) in [6.45, 7) is 0.984. The Morgan fingerprint density at radius 1 is 1.35 bits per heavy atom. The summed E-state index contributed by atoms with van der Waals surface area (Å²) in [6, 6.07) is 8.02. The van der Waals surface area contributed by atoms with Crippen LogP contribution in [0.5, 0.6) is 0 Å². The molecule has 5 heteroatoms. The maximum absolute atomic E-state index is 12.4. The van der Waals surface area contributed by atoms with E-state index in [1.54, 1.807) is 0 Å². The van der Waals surface area contributed by atoms with Crippen molar-refractivity contribution in [1.29, 1.82) is 5.26 Å². The third kappa shape index (κ3) is 3.54. The van der Waals surface area contributed by atoms with Crippen LogP contribution in [0.3, 0.4) is 0 Å². The highest BCUT2D eigenvalue weighted by Crippen LogP contribution is 2.23. The molecule has 0 aromatic heterocycles. The van der Waals surface area contributed by atoms with Gasteiger partial charge < -0.3 is 15.8 Å². The Hall–Kier alpha value is -1.90. The van der Waals surface area contributed by atoms with E-state index in [-0.39, 0.29) is 5.91 Å². The number of fused-ring (bicyclic) bond motifs is 1. The van der Waals surface area contributed by atoms with Crippen molar-refractivity contribution < 1.29 is 9.53 Å². The second-order valence-corrected chi connectivity index (χ2v) is 6.58. The number of carbonyl (C=O) groups excluding carboxylic acids is 1. The summed E-state index contributed by atoms with van der Waals surface area (Å²) >= 11 is 0. The second kappa shape index (κ2) is 6.69. The summed E-state index contributed by atoms with van der Waals surface area (Å²) in [4.78, 5) is 12.4. The molecular weight excluding hydrogens is 290 g/mol. The van der Waals surface area contributed by atoms with Gasteiger partial charge in [-0.1, -0.05) is 18.2 Å². The van der Waals surface area contributed by atoms with Gasteiger partial charge in [0.25, 0.3) is 0 Å². The van der Waals surface area contributed by atoms with Crippen molar-refractivity contribution in [1.82, 2.24) is 5.32 Å². The average molecular weight is 313 g/mol. The molecule has 0 unspecified atom stereocenters. The summed E-state index contributed by atoms with van der Waals surface area (Å²) < 4.78 is 5.26. The molecule has 1 amide bonds. The molecule has 3 rings (SSSR count). The number of hydrogen-bond donors (Lipinski definition) is 2. The van der Waals surface area contributed by atoms with Crippen LogP contribution in [-0.2, 0) is 28.8 Å². The number of amides is 1. The average Bonchev–Trinajstić information content (AvgIpc) is 3.02. The minimum atomic E-state index is -0.911. The number of nitrogens with one attached hydrogen (secondary N) is 1. The number of nitriles is 1. The highest BCUT2D eigenvalue weighted by atomic mass is 16.5. The number of nitrogens with two attached hydrogens (primary N) is 1. The maximum Gasteiger partial charge on any atom is 0.241 e. The summed E-state index contributed by atoms with van der Waals surface area (Å²) in [5.41, 5.74) is 9.14. The Morgan fingerprint density at radius 2 is 2.09 bits per heavy atom. The minimum absolute atomic E-state index is 0.242. The lowest BCUT2D eigenvalue weighted by Gasteiger charge is -2.32. The van der Waals surface area contributed by atoms with Crippen molar-refractivity contribution in [2.75, 3.05) is 13.2 Å². The van der Waals surface area contributed by atoms with Crippen LogP contribution >= 0.6 is 0 Å². The fraction of sp³-hybridized carbons (Fsp3) is 0.556. The molecule has 1 aromatic rings. The quantitative estimate of drug-likeness (QED) is 0.875. The van der Waals surface area contributed by atoms with Crippen LogP contribution in [0.2, 0.25) is 0 Å². The lowest BCUT2D eigenvalue weighted by molar-refractivity contribution is -0.130. The molecule has 1 atom stereocenters. The first kappa shape index (κ1) is 16.0. The number of carbonyl (C=O) groups is 1. The Kier molecular flexibility index (Phi) is 4.65. The highest BCUT2D eigenvalue weighted by molar-refractivity contribution is 5.86. The van der Waals surface area contributed by atoms with Gasteiger partial charge >= 0.3 is 0 Å². The molecule has 122 valence electrons. The van der Waals surface area contributed by atoms with Gasteiger partial charge in [-0.05, 0) is 48.8 Å². The lowest BCUT2D eigenvalue weighted by atomic mass is 9.90. The van der Waals surface area contributed by atoms with E-state index in [2.05, 4.69) is 29.6 Å². The predicted octanol–water partition coefficient (Wildman–Crippen LogP) is 1.23. The number of rotatable bonds is 4. The van der Waals surface area contributed by atoms with Crippen LogP contribution in [0.1, 0.15) is 36.0 Å². The van der Waals surface area contributed by atoms with E-state index in [9.17, 15) is 10.1 Å². The van der Waals surface area contributed by atoms with Crippen LogP contribution in [0.4, 0.5) is 0 Å². The molecule has 3 N–H and O–H groups in total.